The summed E-state index contributed by atoms with van der Waals surface area (Å²) < 4.78 is 0. The zero-order valence-corrected chi connectivity index (χ0v) is 19.8. The third kappa shape index (κ3) is 11.4. The third-order valence-electron chi connectivity index (χ3n) is 6.15. The molecule has 2 saturated heterocycles. The second-order valence-electron chi connectivity index (χ2n) is 8.92. The number of likely N-dealkylation sites (N-methyl/N-ethyl adjacent to an activating group) is 1. The van der Waals surface area contributed by atoms with Gasteiger partial charge in [-0.1, -0.05) is 0 Å². The summed E-state index contributed by atoms with van der Waals surface area (Å²) in [7, 11) is 2.15. The number of likely N-dealkylation sites (tertiary alicyclic amines) is 1. The van der Waals surface area contributed by atoms with Gasteiger partial charge in [0, 0.05) is 77.7 Å². The summed E-state index contributed by atoms with van der Waals surface area (Å²) in [4.78, 5) is 53.4. The normalized spacial score (nSPS) is 19.8. The first kappa shape index (κ1) is 27.0. The monoisotopic (exact) mass is 482 g/mol. The number of nitrogens with zero attached hydrogens (tertiary/aromatic N) is 3. The summed E-state index contributed by atoms with van der Waals surface area (Å²) in [6.07, 6.45) is 2.92. The van der Waals surface area contributed by atoms with Gasteiger partial charge in [-0.05, 0) is 32.9 Å². The predicted molar refractivity (Wildman–Crippen MR) is 124 cm³/mol. The van der Waals surface area contributed by atoms with Crippen molar-refractivity contribution in [2.75, 3.05) is 72.5 Å². The fraction of sp³-hybridized carbons (Fsp3) is 0.818. The molecule has 0 saturated carbocycles. The molecule has 0 radical (unpaired) electrons. The number of carboxylic acid groups (broad SMARTS) is 1. The number of amides is 3. The first-order valence-corrected chi connectivity index (χ1v) is 12.0. The minimum atomic E-state index is -0.894. The van der Waals surface area contributed by atoms with Crippen molar-refractivity contribution in [3.05, 3.63) is 0 Å². The average Bonchev–Trinajstić information content (AvgIpc) is 3.19. The summed E-state index contributed by atoms with van der Waals surface area (Å²) in [6.45, 7) is 7.42. The minimum Gasteiger partial charge on any atom is -0.481 e. The third-order valence-corrected chi connectivity index (χ3v) is 6.15. The lowest BCUT2D eigenvalue weighted by Crippen LogP contribution is -2.50. The number of nitrogens with one attached hydrogen (secondary N) is 3. The number of aliphatic carboxylic acids is 1. The Morgan fingerprint density at radius 1 is 0.818 bits per heavy atom. The highest BCUT2D eigenvalue weighted by atomic mass is 16.4. The lowest BCUT2D eigenvalue weighted by Gasteiger charge is -2.36. The molecule has 11 nitrogen and oxygen atoms in total. The molecule has 2 fully saturated rings. The van der Waals surface area contributed by atoms with Gasteiger partial charge in [0.2, 0.25) is 17.7 Å². The summed E-state index contributed by atoms with van der Waals surface area (Å²) in [6, 6.07) is 0.415. The summed E-state index contributed by atoms with van der Waals surface area (Å²) in [5.74, 6) is -1.41. The van der Waals surface area contributed by atoms with E-state index in [9.17, 15) is 19.2 Å². The Morgan fingerprint density at radius 3 is 2.06 bits per heavy atom. The van der Waals surface area contributed by atoms with Crippen molar-refractivity contribution in [2.24, 2.45) is 0 Å². The number of hydrogen-bond donors (Lipinski definition) is 4. The standard InChI is InChI=1S/C22H40N6O5/c1-26-12-14-27(15-13-26)16-18-4-3-11-28(18)17-21(31)25-10-7-20(30)24-9-6-19(29)23-8-2-5-22(32)33/h18H,2-17H2,1H3,(H,23,29)(H,24,30)(H,25,31)(H,32,33)/i5+1,6+1,7+1,9+1,10+1,12+1,14+1,16+1,19+1,20+1,21+1,25+1,27+1,28+1. The first-order valence-electron chi connectivity index (χ1n) is 12.0. The highest BCUT2D eigenvalue weighted by Crippen LogP contribution is 2.18. The summed E-state index contributed by atoms with van der Waals surface area (Å²) >= 11 is 0. The molecule has 33 heavy (non-hydrogen) atoms. The van der Waals surface area contributed by atoms with Crippen LogP contribution in [0.2, 0.25) is 0 Å². The second-order valence-corrected chi connectivity index (χ2v) is 8.92. The van der Waals surface area contributed by atoms with E-state index in [1.54, 1.807) is 0 Å². The molecule has 1 unspecified atom stereocenters. The van der Waals surface area contributed by atoms with Gasteiger partial charge in [0.1, 0.15) is 0 Å². The molecule has 3 amide bonds. The second kappa shape index (κ2) is 14.8. The molecule has 2 aliphatic heterocycles. The number of rotatable bonds is 14. The zero-order chi connectivity index (χ0) is 24.1. The van der Waals surface area contributed by atoms with Gasteiger partial charge in [-0.2, -0.15) is 0 Å². The van der Waals surface area contributed by atoms with Gasteiger partial charge < -0.3 is 26.0 Å². The number of carbonyl (C=O) groups excluding carboxylic acids is 3. The van der Waals surface area contributed by atoms with Crippen LogP contribution in [0.1, 0.15) is 38.5 Å². The molecule has 0 spiro atoms. The van der Waals surface area contributed by atoms with Gasteiger partial charge in [0.25, 0.3) is 0 Å². The average molecular weight is 482 g/mol. The minimum absolute atomic E-state index is 0.0113. The van der Waals surface area contributed by atoms with E-state index in [0.29, 0.717) is 25.6 Å². The van der Waals surface area contributed by atoms with Crippen LogP contribution >= 0.6 is 0 Å². The fourth-order valence-electron chi connectivity index (χ4n) is 4.15. The van der Waals surface area contributed by atoms with E-state index in [1.165, 1.54) is 0 Å². The highest BCUT2D eigenvalue weighted by molar-refractivity contribution is 5.81. The molecular weight excluding hydrogens is 442 g/mol. The van der Waals surface area contributed by atoms with Crippen molar-refractivity contribution in [2.45, 2.75) is 44.6 Å². The Labute approximate surface area is 196 Å². The molecule has 188 valence electrons. The van der Waals surface area contributed by atoms with Crippen molar-refractivity contribution in [3.8, 4) is 0 Å². The topological polar surface area (TPSA) is 134 Å². The van der Waals surface area contributed by atoms with Crippen LogP contribution in [-0.4, -0.2) is 122 Å². The van der Waals surface area contributed by atoms with Gasteiger partial charge in [0.15, 0.2) is 0 Å². The molecule has 0 aromatic rings. The predicted octanol–water partition coefficient (Wildman–Crippen LogP) is -1.31. The molecule has 0 aromatic heterocycles. The van der Waals surface area contributed by atoms with Crippen LogP contribution in [0.3, 0.4) is 0 Å². The molecule has 4 N–H and O–H groups in total. The molecule has 0 bridgehead atoms. The van der Waals surface area contributed by atoms with Gasteiger partial charge in [-0.25, -0.2) is 0 Å². The lowest BCUT2D eigenvalue weighted by atomic mass is 10.3. The van der Waals surface area contributed by atoms with Crippen molar-refractivity contribution < 1.29 is 24.3 Å². The van der Waals surface area contributed by atoms with Crippen molar-refractivity contribution in [1.29, 1.82) is 0 Å². The maximum Gasteiger partial charge on any atom is 0.303 e. The summed E-state index contributed by atoms with van der Waals surface area (Å²) in [5, 5.41) is 16.6. The molecule has 2 aliphatic rings. The van der Waals surface area contributed by atoms with E-state index >= 15 is 0 Å². The van der Waals surface area contributed by atoms with Crippen LogP contribution in [0.15, 0.2) is 0 Å². The molecular formula is C22H40N6O5. The molecule has 1 atom stereocenters. The van der Waals surface area contributed by atoms with E-state index in [0.717, 1.165) is 52.1 Å². The molecule has 2 rings (SSSR count). The smallest absolute Gasteiger partial charge is 0.303 e. The van der Waals surface area contributed by atoms with Crippen molar-refractivity contribution >= 4 is 23.7 Å². The van der Waals surface area contributed by atoms with Crippen LogP contribution in [-0.2, 0) is 19.2 Å². The Bertz CT molecular complexity index is 653. The van der Waals surface area contributed by atoms with Gasteiger partial charge in [-0.3, -0.25) is 29.0 Å². The van der Waals surface area contributed by atoms with Gasteiger partial charge in [-0.15, -0.1) is 0 Å². The lowest BCUT2D eigenvalue weighted by molar-refractivity contribution is -0.137. The van der Waals surface area contributed by atoms with Crippen LogP contribution in [0.5, 0.6) is 0 Å². The molecule has 11 heteroatoms. The first-order chi connectivity index (χ1) is 15.8. The largest absolute Gasteiger partial charge is 0.481 e. The van der Waals surface area contributed by atoms with Crippen LogP contribution in [0.25, 0.3) is 0 Å². The Kier molecular flexibility index (Phi) is 12.1. The van der Waals surface area contributed by atoms with E-state index in [-0.39, 0.29) is 50.1 Å². The SMILES string of the molecule is CN1CC[15N]([13CH2]C2CCC[15N]2C[13C](=O)[15NH][13CH2][13CH2][13C](=O)N[13CH2][13CH2][13C](=O)NCC[13CH2]C(=O)O)[13CH2][13CH2]1. The molecule has 2 heterocycles. The fourth-order valence-corrected chi connectivity index (χ4v) is 4.15. The number of hydrogen-bond acceptors (Lipinski definition) is 7. The van der Waals surface area contributed by atoms with E-state index in [4.69, 9.17) is 5.11 Å². The quantitative estimate of drug-likeness (QED) is 0.136. The summed E-state index contributed by atoms with van der Waals surface area (Å²) in [5.41, 5.74) is 0. The van der Waals surface area contributed by atoms with Crippen LogP contribution < -0.4 is 16.0 Å². The Hall–Kier alpha value is -2.24. The van der Waals surface area contributed by atoms with Crippen LogP contribution in [0.4, 0.5) is 0 Å². The maximum absolute atomic E-state index is 12.3. The number of carbonyl (C=O) groups is 4. The molecule has 0 aromatic carbocycles. The van der Waals surface area contributed by atoms with Crippen molar-refractivity contribution in [1.82, 2.24) is 30.7 Å². The number of carboxylic acids is 1. The van der Waals surface area contributed by atoms with Gasteiger partial charge >= 0.3 is 5.97 Å². The van der Waals surface area contributed by atoms with E-state index in [2.05, 4.69) is 37.7 Å². The Balaban J connectivity index is 1.52. The van der Waals surface area contributed by atoms with Crippen LogP contribution in [0, 0.1) is 0 Å². The van der Waals surface area contributed by atoms with E-state index in [1.807, 2.05) is 0 Å². The number of piperazine rings is 1. The maximum atomic E-state index is 12.3. The highest BCUT2D eigenvalue weighted by Gasteiger charge is 2.28. The van der Waals surface area contributed by atoms with Gasteiger partial charge in [0.05, 0.1) is 6.54 Å². The molecule has 0 aliphatic carbocycles. The zero-order valence-electron chi connectivity index (χ0n) is 19.8. The van der Waals surface area contributed by atoms with E-state index < -0.39 is 5.97 Å². The van der Waals surface area contributed by atoms with Crippen molar-refractivity contribution in [3.63, 3.8) is 0 Å². The Morgan fingerprint density at radius 2 is 1.42 bits per heavy atom.